The van der Waals surface area contributed by atoms with Crippen LogP contribution in [0.3, 0.4) is 0 Å². The minimum Gasteiger partial charge on any atom is -0.457 e. The summed E-state index contributed by atoms with van der Waals surface area (Å²) >= 11 is 0. The zero-order valence-corrected chi connectivity index (χ0v) is 14.0. The summed E-state index contributed by atoms with van der Waals surface area (Å²) in [5.41, 5.74) is 3.53. The number of carbonyl (C=O) groups excluding carboxylic acids is 1. The van der Waals surface area contributed by atoms with E-state index >= 15 is 0 Å². The molecule has 2 aromatic heterocycles. The number of ether oxygens (including phenoxy) is 1. The van der Waals surface area contributed by atoms with E-state index in [4.69, 9.17) is 4.74 Å². The van der Waals surface area contributed by atoms with Crippen LogP contribution < -0.4 is 5.56 Å². The molecule has 1 atom stereocenters. The Labute approximate surface area is 144 Å². The maximum atomic E-state index is 12.5. The second kappa shape index (κ2) is 6.20. The maximum absolute atomic E-state index is 12.5. The van der Waals surface area contributed by atoms with E-state index < -0.39 is 5.97 Å². The van der Waals surface area contributed by atoms with Crippen LogP contribution in [-0.2, 0) is 22.4 Å². The molecule has 4 rings (SSSR count). The summed E-state index contributed by atoms with van der Waals surface area (Å²) in [6, 6.07) is 9.78. The fraction of sp³-hybridized carbons (Fsp3) is 0.316. The van der Waals surface area contributed by atoms with Crippen molar-refractivity contribution < 1.29 is 9.53 Å². The van der Waals surface area contributed by atoms with E-state index in [0.717, 1.165) is 24.8 Å². The number of rotatable bonds is 3. The second-order valence-corrected chi connectivity index (χ2v) is 6.38. The van der Waals surface area contributed by atoms with Gasteiger partial charge in [0.25, 0.3) is 5.56 Å². The largest absolute Gasteiger partial charge is 0.457 e. The van der Waals surface area contributed by atoms with E-state index in [1.165, 1.54) is 10.1 Å². The highest BCUT2D eigenvalue weighted by Crippen LogP contribution is 2.32. The molecule has 0 bridgehead atoms. The summed E-state index contributed by atoms with van der Waals surface area (Å²) < 4.78 is 7.04. The lowest BCUT2D eigenvalue weighted by atomic mass is 9.89. The van der Waals surface area contributed by atoms with Crippen molar-refractivity contribution in [3.63, 3.8) is 0 Å². The molecule has 2 heterocycles. The van der Waals surface area contributed by atoms with E-state index in [9.17, 15) is 9.59 Å². The van der Waals surface area contributed by atoms with Gasteiger partial charge in [-0.15, -0.1) is 0 Å². The number of H-pyrrole nitrogens is 1. The van der Waals surface area contributed by atoms with Crippen LogP contribution in [0.15, 0.2) is 41.3 Å². The molecule has 3 aromatic rings. The van der Waals surface area contributed by atoms with Crippen LogP contribution in [-0.4, -0.2) is 20.6 Å². The molecule has 1 aliphatic rings. The average molecular weight is 337 g/mol. The van der Waals surface area contributed by atoms with Crippen LogP contribution in [0.5, 0.6) is 0 Å². The molecule has 1 aromatic carbocycles. The molecule has 128 valence electrons. The fourth-order valence-electron chi connectivity index (χ4n) is 3.49. The molecule has 1 aliphatic carbocycles. The van der Waals surface area contributed by atoms with Gasteiger partial charge in [0.15, 0.2) is 5.65 Å². The number of benzene rings is 1. The first-order valence-electron chi connectivity index (χ1n) is 8.46. The predicted molar refractivity (Wildman–Crippen MR) is 92.5 cm³/mol. The normalized spacial score (nSPS) is 16.6. The van der Waals surface area contributed by atoms with E-state index in [0.29, 0.717) is 16.9 Å². The highest BCUT2D eigenvalue weighted by Gasteiger charge is 2.24. The second-order valence-electron chi connectivity index (χ2n) is 6.38. The smallest absolute Gasteiger partial charge is 0.311 e. The van der Waals surface area contributed by atoms with Gasteiger partial charge in [0.05, 0.1) is 12.0 Å². The lowest BCUT2D eigenvalue weighted by Gasteiger charge is -2.25. The highest BCUT2D eigenvalue weighted by atomic mass is 16.5. The van der Waals surface area contributed by atoms with Gasteiger partial charge in [-0.05, 0) is 37.3 Å². The Morgan fingerprint density at radius 3 is 3.08 bits per heavy atom. The number of aromatic nitrogens is 3. The van der Waals surface area contributed by atoms with Gasteiger partial charge in [0.1, 0.15) is 6.10 Å². The summed E-state index contributed by atoms with van der Waals surface area (Å²) in [5.74, 6) is -0.393. The van der Waals surface area contributed by atoms with Gasteiger partial charge in [0, 0.05) is 18.0 Å². The molecule has 0 amide bonds. The SMILES string of the molecule is Cc1nc2cc[nH]n2c(=O)c1CC(=O)O[C@H]1CCCc2ccccc21. The molecule has 0 fully saturated rings. The fourth-order valence-corrected chi connectivity index (χ4v) is 3.49. The van der Waals surface area contributed by atoms with Crippen molar-refractivity contribution in [3.8, 4) is 0 Å². The first-order valence-corrected chi connectivity index (χ1v) is 8.46. The van der Waals surface area contributed by atoms with Gasteiger partial charge in [0.2, 0.25) is 0 Å². The number of carbonyl (C=O) groups is 1. The third kappa shape index (κ3) is 2.84. The van der Waals surface area contributed by atoms with Crippen molar-refractivity contribution in [1.82, 2.24) is 14.6 Å². The van der Waals surface area contributed by atoms with Crippen LogP contribution in [0.4, 0.5) is 0 Å². The Balaban J connectivity index is 1.57. The van der Waals surface area contributed by atoms with Crippen molar-refractivity contribution in [3.05, 3.63) is 69.3 Å². The molecule has 6 heteroatoms. The molecular weight excluding hydrogens is 318 g/mol. The lowest BCUT2D eigenvalue weighted by molar-refractivity contribution is -0.149. The van der Waals surface area contributed by atoms with Crippen molar-refractivity contribution in [2.75, 3.05) is 0 Å². The van der Waals surface area contributed by atoms with Gasteiger partial charge in [-0.1, -0.05) is 24.3 Å². The van der Waals surface area contributed by atoms with Gasteiger partial charge in [-0.2, -0.15) is 0 Å². The predicted octanol–water partition coefficient (Wildman–Crippen LogP) is 2.49. The standard InChI is InChI=1S/C19H19N3O3/c1-12-15(19(24)22-17(21-12)9-10-20-22)11-18(23)25-16-8-4-6-13-5-2-3-7-14(13)16/h2-3,5,7,9-10,16,20H,4,6,8,11H2,1H3/t16-/m0/s1. The quantitative estimate of drug-likeness (QED) is 0.745. The Morgan fingerprint density at radius 2 is 2.20 bits per heavy atom. The van der Waals surface area contributed by atoms with Gasteiger partial charge < -0.3 is 4.74 Å². The Bertz CT molecular complexity index is 1000. The molecule has 25 heavy (non-hydrogen) atoms. The third-order valence-corrected chi connectivity index (χ3v) is 4.75. The molecule has 0 unspecified atom stereocenters. The van der Waals surface area contributed by atoms with Gasteiger partial charge in [-0.3, -0.25) is 14.7 Å². The third-order valence-electron chi connectivity index (χ3n) is 4.75. The highest BCUT2D eigenvalue weighted by molar-refractivity contribution is 5.73. The lowest BCUT2D eigenvalue weighted by Crippen LogP contribution is -2.26. The first-order chi connectivity index (χ1) is 12.1. The number of nitrogens with one attached hydrogen (secondary N) is 1. The van der Waals surface area contributed by atoms with Gasteiger partial charge in [-0.25, -0.2) is 9.50 Å². The van der Waals surface area contributed by atoms with E-state index in [1.807, 2.05) is 18.2 Å². The molecular formula is C19H19N3O3. The van der Waals surface area contributed by atoms with Crippen LogP contribution >= 0.6 is 0 Å². The van der Waals surface area contributed by atoms with Crippen molar-refractivity contribution >= 4 is 11.6 Å². The zero-order valence-electron chi connectivity index (χ0n) is 14.0. The monoisotopic (exact) mass is 337 g/mol. The van der Waals surface area contributed by atoms with Crippen LogP contribution in [0, 0.1) is 6.92 Å². The summed E-state index contributed by atoms with van der Waals surface area (Å²) in [7, 11) is 0. The summed E-state index contributed by atoms with van der Waals surface area (Å²) in [5, 5.41) is 2.81. The van der Waals surface area contributed by atoms with E-state index in [1.54, 1.807) is 19.2 Å². The number of aromatic amines is 1. The Kier molecular flexibility index (Phi) is 3.87. The number of hydrogen-bond acceptors (Lipinski definition) is 4. The van der Waals surface area contributed by atoms with Crippen molar-refractivity contribution in [1.29, 1.82) is 0 Å². The number of nitrogens with zero attached hydrogens (tertiary/aromatic N) is 2. The Morgan fingerprint density at radius 1 is 1.36 bits per heavy atom. The number of hydrogen-bond donors (Lipinski definition) is 1. The number of esters is 1. The minimum absolute atomic E-state index is 0.0711. The topological polar surface area (TPSA) is 76.5 Å². The van der Waals surface area contributed by atoms with Crippen LogP contribution in [0.25, 0.3) is 5.65 Å². The van der Waals surface area contributed by atoms with Crippen LogP contribution in [0.2, 0.25) is 0 Å². The molecule has 0 spiro atoms. The molecule has 0 radical (unpaired) electrons. The maximum Gasteiger partial charge on any atom is 0.311 e. The molecule has 6 nitrogen and oxygen atoms in total. The first kappa shape index (κ1) is 15.6. The average Bonchev–Trinajstić information content (AvgIpc) is 3.07. The van der Waals surface area contributed by atoms with Crippen molar-refractivity contribution in [2.24, 2.45) is 0 Å². The molecule has 0 aliphatic heterocycles. The van der Waals surface area contributed by atoms with Crippen molar-refractivity contribution in [2.45, 2.75) is 38.7 Å². The van der Waals surface area contributed by atoms with E-state index in [-0.39, 0.29) is 18.1 Å². The van der Waals surface area contributed by atoms with Gasteiger partial charge >= 0.3 is 5.97 Å². The number of fused-ring (bicyclic) bond motifs is 2. The Hall–Kier alpha value is -2.89. The summed E-state index contributed by atoms with van der Waals surface area (Å²) in [6.07, 6.45) is 4.16. The van der Waals surface area contributed by atoms with E-state index in [2.05, 4.69) is 16.1 Å². The number of aryl methyl sites for hydroxylation is 2. The molecule has 0 saturated carbocycles. The van der Waals surface area contributed by atoms with Crippen LogP contribution in [0.1, 0.15) is 41.3 Å². The summed E-state index contributed by atoms with van der Waals surface area (Å²) in [6.45, 7) is 1.74. The molecule has 0 saturated heterocycles. The minimum atomic E-state index is -0.393. The zero-order chi connectivity index (χ0) is 17.4. The summed E-state index contributed by atoms with van der Waals surface area (Å²) in [4.78, 5) is 29.3. The molecule has 1 N–H and O–H groups in total.